The van der Waals surface area contributed by atoms with E-state index in [1.54, 1.807) is 29.2 Å². The van der Waals surface area contributed by atoms with E-state index in [0.717, 1.165) is 22.5 Å². The Hall–Kier alpha value is -4.24. The molecule has 8 nitrogen and oxygen atoms in total. The molecule has 3 aromatic heterocycles. The average Bonchev–Trinajstić information content (AvgIpc) is 3.52. The molecule has 0 fully saturated rings. The number of nitrogens with zero attached hydrogens (tertiary/aromatic N) is 5. The van der Waals surface area contributed by atoms with Gasteiger partial charge in [-0.3, -0.25) is 9.78 Å². The van der Waals surface area contributed by atoms with Gasteiger partial charge in [0.25, 0.3) is 5.22 Å². The van der Waals surface area contributed by atoms with E-state index in [2.05, 4.69) is 20.5 Å². The molecule has 3 heterocycles. The molecule has 0 atom stereocenters. The average molecular weight is 455 g/mol. The van der Waals surface area contributed by atoms with Crippen LogP contribution in [0.1, 0.15) is 0 Å². The monoisotopic (exact) mass is 454 g/mol. The van der Waals surface area contributed by atoms with Gasteiger partial charge in [-0.15, -0.1) is 10.2 Å². The molecule has 0 radical (unpaired) electrons. The SMILES string of the molecule is O=C(CSc1nnc(-c2ccncc2)o1)Nc1cc(-c2ccccc2)nn1-c1ccccc1. The zero-order valence-electron chi connectivity index (χ0n) is 17.3. The molecule has 33 heavy (non-hydrogen) atoms. The first kappa shape index (κ1) is 20.7. The van der Waals surface area contributed by atoms with Crippen LogP contribution in [0.15, 0.2) is 101 Å². The second-order valence-electron chi connectivity index (χ2n) is 6.97. The van der Waals surface area contributed by atoms with Crippen molar-refractivity contribution >= 4 is 23.5 Å². The molecular weight excluding hydrogens is 436 g/mol. The number of para-hydroxylation sites is 1. The van der Waals surface area contributed by atoms with Crippen molar-refractivity contribution in [1.29, 1.82) is 0 Å². The third-order valence-electron chi connectivity index (χ3n) is 4.71. The van der Waals surface area contributed by atoms with Crippen LogP contribution in [0.3, 0.4) is 0 Å². The van der Waals surface area contributed by atoms with Gasteiger partial charge in [0.05, 0.1) is 17.1 Å². The van der Waals surface area contributed by atoms with Gasteiger partial charge in [-0.05, 0) is 24.3 Å². The highest BCUT2D eigenvalue weighted by atomic mass is 32.2. The third-order valence-corrected chi connectivity index (χ3v) is 5.53. The van der Waals surface area contributed by atoms with Gasteiger partial charge < -0.3 is 9.73 Å². The Bertz CT molecular complexity index is 1350. The molecule has 5 rings (SSSR count). The van der Waals surface area contributed by atoms with E-state index in [0.29, 0.717) is 16.9 Å². The van der Waals surface area contributed by atoms with Crippen molar-refractivity contribution in [1.82, 2.24) is 25.0 Å². The van der Waals surface area contributed by atoms with E-state index in [-0.39, 0.29) is 11.7 Å². The van der Waals surface area contributed by atoms with E-state index in [9.17, 15) is 4.79 Å². The topological polar surface area (TPSA) is 98.7 Å². The summed E-state index contributed by atoms with van der Waals surface area (Å²) in [6, 6.07) is 24.9. The van der Waals surface area contributed by atoms with Crippen molar-refractivity contribution in [3.8, 4) is 28.4 Å². The number of hydrogen-bond donors (Lipinski definition) is 1. The van der Waals surface area contributed by atoms with Crippen molar-refractivity contribution < 1.29 is 9.21 Å². The van der Waals surface area contributed by atoms with E-state index in [1.807, 2.05) is 66.7 Å². The smallest absolute Gasteiger partial charge is 0.277 e. The molecule has 0 aliphatic heterocycles. The van der Waals surface area contributed by atoms with Gasteiger partial charge >= 0.3 is 0 Å². The fourth-order valence-corrected chi connectivity index (χ4v) is 3.73. The summed E-state index contributed by atoms with van der Waals surface area (Å²) in [6.07, 6.45) is 3.30. The minimum absolute atomic E-state index is 0.110. The predicted octanol–water partition coefficient (Wildman–Crippen LogP) is 4.72. The highest BCUT2D eigenvalue weighted by molar-refractivity contribution is 7.99. The van der Waals surface area contributed by atoms with Gasteiger partial charge in [0.15, 0.2) is 0 Å². The van der Waals surface area contributed by atoms with Crippen LogP contribution in [0.25, 0.3) is 28.4 Å². The van der Waals surface area contributed by atoms with Crippen LogP contribution in [0.4, 0.5) is 5.82 Å². The van der Waals surface area contributed by atoms with Crippen LogP contribution < -0.4 is 5.32 Å². The molecule has 0 unspecified atom stereocenters. The zero-order chi connectivity index (χ0) is 22.5. The van der Waals surface area contributed by atoms with E-state index < -0.39 is 0 Å². The van der Waals surface area contributed by atoms with Crippen LogP contribution in [0.5, 0.6) is 0 Å². The van der Waals surface area contributed by atoms with Gasteiger partial charge in [0, 0.05) is 29.6 Å². The molecule has 1 amide bonds. The fourth-order valence-electron chi connectivity index (χ4n) is 3.17. The first-order valence-electron chi connectivity index (χ1n) is 10.1. The Balaban J connectivity index is 1.32. The maximum absolute atomic E-state index is 12.7. The number of carbonyl (C=O) groups excluding carboxylic acids is 1. The zero-order valence-corrected chi connectivity index (χ0v) is 18.1. The molecule has 2 aromatic carbocycles. The summed E-state index contributed by atoms with van der Waals surface area (Å²) < 4.78 is 7.36. The summed E-state index contributed by atoms with van der Waals surface area (Å²) in [4.78, 5) is 16.7. The summed E-state index contributed by atoms with van der Waals surface area (Å²) >= 11 is 1.17. The largest absolute Gasteiger partial charge is 0.411 e. The van der Waals surface area contributed by atoms with Crippen LogP contribution >= 0.6 is 11.8 Å². The van der Waals surface area contributed by atoms with Crippen molar-refractivity contribution in [3.05, 3.63) is 91.3 Å². The summed E-state index contributed by atoms with van der Waals surface area (Å²) in [6.45, 7) is 0. The normalized spacial score (nSPS) is 10.8. The van der Waals surface area contributed by atoms with Gasteiger partial charge in [-0.2, -0.15) is 5.10 Å². The van der Waals surface area contributed by atoms with Crippen molar-refractivity contribution in [2.75, 3.05) is 11.1 Å². The number of hydrogen-bond acceptors (Lipinski definition) is 7. The van der Waals surface area contributed by atoms with Gasteiger partial charge in [0.1, 0.15) is 5.82 Å². The van der Waals surface area contributed by atoms with Crippen molar-refractivity contribution in [3.63, 3.8) is 0 Å². The summed E-state index contributed by atoms with van der Waals surface area (Å²) in [5.41, 5.74) is 3.35. The van der Waals surface area contributed by atoms with E-state index >= 15 is 0 Å². The molecule has 0 bridgehead atoms. The Morgan fingerprint density at radius 1 is 0.909 bits per heavy atom. The number of amides is 1. The maximum Gasteiger partial charge on any atom is 0.277 e. The number of thioether (sulfide) groups is 1. The number of aromatic nitrogens is 5. The lowest BCUT2D eigenvalue weighted by molar-refractivity contribution is -0.113. The minimum Gasteiger partial charge on any atom is -0.411 e. The molecule has 5 aromatic rings. The number of pyridine rings is 1. The van der Waals surface area contributed by atoms with Gasteiger partial charge in [0.2, 0.25) is 11.8 Å². The second-order valence-corrected chi connectivity index (χ2v) is 7.90. The Labute approximate surface area is 193 Å². The Kier molecular flexibility index (Phi) is 5.94. The molecule has 1 N–H and O–H groups in total. The molecule has 0 aliphatic rings. The summed E-state index contributed by atoms with van der Waals surface area (Å²) in [5.74, 6) is 0.863. The molecule has 9 heteroatoms. The van der Waals surface area contributed by atoms with Gasteiger partial charge in [-0.1, -0.05) is 60.3 Å². The molecule has 162 valence electrons. The third kappa shape index (κ3) is 4.83. The maximum atomic E-state index is 12.7. The molecule has 0 spiro atoms. The number of benzene rings is 2. The predicted molar refractivity (Wildman–Crippen MR) is 126 cm³/mol. The second kappa shape index (κ2) is 9.49. The van der Waals surface area contributed by atoms with E-state index in [1.165, 1.54) is 11.8 Å². The standard InChI is InChI=1S/C24H18N6O2S/c31-22(16-33-24-28-27-23(32-24)18-11-13-25-14-12-18)26-21-15-20(17-7-3-1-4-8-17)29-30(21)19-9-5-2-6-10-19/h1-15H,16H2,(H,26,31). The number of rotatable bonds is 7. The first-order valence-corrected chi connectivity index (χ1v) is 11.1. The molecule has 0 saturated carbocycles. The summed E-state index contributed by atoms with van der Waals surface area (Å²) in [7, 11) is 0. The number of carbonyl (C=O) groups is 1. The number of anilines is 1. The van der Waals surface area contributed by atoms with E-state index in [4.69, 9.17) is 9.52 Å². The Morgan fingerprint density at radius 2 is 1.64 bits per heavy atom. The number of nitrogens with one attached hydrogen (secondary N) is 1. The lowest BCUT2D eigenvalue weighted by Crippen LogP contribution is -2.16. The molecular formula is C24H18N6O2S. The van der Waals surface area contributed by atoms with Crippen LogP contribution in [-0.4, -0.2) is 36.6 Å². The van der Waals surface area contributed by atoms with Crippen molar-refractivity contribution in [2.24, 2.45) is 0 Å². The highest BCUT2D eigenvalue weighted by Crippen LogP contribution is 2.26. The molecule has 0 aliphatic carbocycles. The first-order chi connectivity index (χ1) is 16.3. The van der Waals surface area contributed by atoms with Gasteiger partial charge in [-0.25, -0.2) is 4.68 Å². The van der Waals surface area contributed by atoms with Crippen LogP contribution in [0.2, 0.25) is 0 Å². The lowest BCUT2D eigenvalue weighted by Gasteiger charge is -2.08. The van der Waals surface area contributed by atoms with Crippen LogP contribution in [-0.2, 0) is 4.79 Å². The molecule has 0 saturated heterocycles. The quantitative estimate of drug-likeness (QED) is 0.355. The highest BCUT2D eigenvalue weighted by Gasteiger charge is 2.15. The Morgan fingerprint density at radius 3 is 2.39 bits per heavy atom. The lowest BCUT2D eigenvalue weighted by atomic mass is 10.2. The fraction of sp³-hybridized carbons (Fsp3) is 0.0417. The summed E-state index contributed by atoms with van der Waals surface area (Å²) in [5, 5.41) is 16.0. The van der Waals surface area contributed by atoms with Crippen LogP contribution in [0, 0.1) is 0 Å². The van der Waals surface area contributed by atoms with Crippen molar-refractivity contribution in [2.45, 2.75) is 5.22 Å². The minimum atomic E-state index is -0.208.